The van der Waals surface area contributed by atoms with E-state index in [1.165, 1.54) is 0 Å². The highest BCUT2D eigenvalue weighted by Gasteiger charge is 2.00. The number of hydrogen-bond acceptors (Lipinski definition) is 2. The van der Waals surface area contributed by atoms with Crippen LogP contribution in [0.4, 0.5) is 0 Å². The molecule has 0 radical (unpaired) electrons. The molecule has 3 heteroatoms. The summed E-state index contributed by atoms with van der Waals surface area (Å²) in [5.74, 6) is 0.478. The third-order valence-corrected chi connectivity index (χ3v) is 2.67. The van der Waals surface area contributed by atoms with Gasteiger partial charge < -0.3 is 5.21 Å². The van der Waals surface area contributed by atoms with E-state index in [0.29, 0.717) is 5.92 Å². The van der Waals surface area contributed by atoms with Crippen molar-refractivity contribution in [3.8, 4) is 0 Å². The van der Waals surface area contributed by atoms with Crippen LogP contribution >= 0.6 is 0 Å². The second-order valence-electron chi connectivity index (χ2n) is 2.05. The normalized spacial score (nSPS) is 16.5. The van der Waals surface area contributed by atoms with Gasteiger partial charge in [-0.25, -0.2) is 0 Å². The van der Waals surface area contributed by atoms with Crippen molar-refractivity contribution >= 4 is 15.6 Å². The van der Waals surface area contributed by atoms with Gasteiger partial charge in [0.15, 0.2) is 0 Å². The van der Waals surface area contributed by atoms with E-state index < -0.39 is 0 Å². The first-order valence-corrected chi connectivity index (χ1v) is 3.90. The Hall–Kier alpha value is -0.313. The molecule has 0 aromatic rings. The summed E-state index contributed by atoms with van der Waals surface area (Å²) in [6, 6.07) is 0. The summed E-state index contributed by atoms with van der Waals surface area (Å²) in [6.07, 6.45) is 1.07. The first-order valence-electron chi connectivity index (χ1n) is 2.90. The lowest BCUT2D eigenvalue weighted by atomic mass is 10.1. The van der Waals surface area contributed by atoms with Crippen molar-refractivity contribution in [1.82, 2.24) is 0 Å². The molecule has 0 aliphatic carbocycles. The Labute approximate surface area is 53.0 Å². The van der Waals surface area contributed by atoms with Crippen molar-refractivity contribution in [2.45, 2.75) is 20.3 Å². The SMILES string of the molecule is CCC(C)C([SiH3])=NO. The second-order valence-corrected chi connectivity index (χ2v) is 3.08. The largest absolute Gasteiger partial charge is 0.411 e. The molecular weight excluding hydrogens is 118 g/mol. The van der Waals surface area contributed by atoms with E-state index >= 15 is 0 Å². The minimum absolute atomic E-state index is 0.478. The maximum absolute atomic E-state index is 8.26. The van der Waals surface area contributed by atoms with E-state index in [0.717, 1.165) is 22.0 Å². The molecule has 0 fully saturated rings. The Balaban J connectivity index is 3.63. The van der Waals surface area contributed by atoms with Crippen LogP contribution in [-0.2, 0) is 0 Å². The highest BCUT2D eigenvalue weighted by atomic mass is 28.1. The summed E-state index contributed by atoms with van der Waals surface area (Å²) in [5.41, 5.74) is 0. The summed E-state index contributed by atoms with van der Waals surface area (Å²) < 4.78 is 0. The molecule has 0 aromatic heterocycles. The highest BCUT2D eigenvalue weighted by Crippen LogP contribution is 1.99. The third-order valence-electron chi connectivity index (χ3n) is 1.48. The topological polar surface area (TPSA) is 32.6 Å². The van der Waals surface area contributed by atoms with E-state index in [4.69, 9.17) is 5.21 Å². The molecule has 2 nitrogen and oxygen atoms in total. The predicted octanol–water partition coefficient (Wildman–Crippen LogP) is 0.186. The molecule has 0 heterocycles. The summed E-state index contributed by atoms with van der Waals surface area (Å²) >= 11 is 0. The van der Waals surface area contributed by atoms with Gasteiger partial charge in [-0.05, 0) is 12.3 Å². The van der Waals surface area contributed by atoms with E-state index in [9.17, 15) is 0 Å². The smallest absolute Gasteiger partial charge is 0.0617 e. The average Bonchev–Trinajstić information content (AvgIpc) is 1.84. The quantitative estimate of drug-likeness (QED) is 0.247. The third kappa shape index (κ3) is 2.11. The molecule has 0 amide bonds. The van der Waals surface area contributed by atoms with Gasteiger partial charge in [0, 0.05) is 5.33 Å². The van der Waals surface area contributed by atoms with Crippen LogP contribution < -0.4 is 0 Å². The Bertz CT molecular complexity index is 92.4. The van der Waals surface area contributed by atoms with E-state index in [1.54, 1.807) is 0 Å². The summed E-state index contributed by atoms with van der Waals surface area (Å²) in [4.78, 5) is 0. The van der Waals surface area contributed by atoms with Crippen molar-refractivity contribution in [2.24, 2.45) is 11.1 Å². The fourth-order valence-corrected chi connectivity index (χ4v) is 0.802. The van der Waals surface area contributed by atoms with Crippen LogP contribution in [0.15, 0.2) is 5.16 Å². The van der Waals surface area contributed by atoms with Crippen LogP contribution in [0.5, 0.6) is 0 Å². The zero-order valence-corrected chi connectivity index (χ0v) is 7.68. The molecule has 0 bridgehead atoms. The fraction of sp³-hybridized carbons (Fsp3) is 0.800. The summed E-state index contributed by atoms with van der Waals surface area (Å²) in [6.45, 7) is 4.16. The summed E-state index contributed by atoms with van der Waals surface area (Å²) in [7, 11) is 0.883. The molecule has 0 aliphatic rings. The van der Waals surface area contributed by atoms with Crippen molar-refractivity contribution in [3.05, 3.63) is 0 Å². The lowest BCUT2D eigenvalue weighted by Crippen LogP contribution is -2.08. The molecule has 48 valence electrons. The van der Waals surface area contributed by atoms with Crippen molar-refractivity contribution in [1.29, 1.82) is 0 Å². The standard InChI is InChI=1S/C5H13NOSi/c1-3-4(2)5(8)6-7/h4,7H,3H2,1-2,8H3. The Morgan fingerprint density at radius 3 is 2.50 bits per heavy atom. The molecule has 0 spiro atoms. The molecule has 0 aromatic carbocycles. The van der Waals surface area contributed by atoms with Gasteiger partial charge in [-0.15, -0.1) is 5.16 Å². The maximum atomic E-state index is 8.26. The van der Waals surface area contributed by atoms with E-state index in [-0.39, 0.29) is 0 Å². The van der Waals surface area contributed by atoms with Crippen molar-refractivity contribution in [3.63, 3.8) is 0 Å². The monoisotopic (exact) mass is 131 g/mol. The van der Waals surface area contributed by atoms with Gasteiger partial charge in [0.1, 0.15) is 0 Å². The van der Waals surface area contributed by atoms with Crippen LogP contribution in [0, 0.1) is 5.92 Å². The van der Waals surface area contributed by atoms with Gasteiger partial charge in [0.25, 0.3) is 0 Å². The molecule has 8 heavy (non-hydrogen) atoms. The van der Waals surface area contributed by atoms with Crippen LogP contribution in [0.1, 0.15) is 20.3 Å². The number of nitrogens with zero attached hydrogens (tertiary/aromatic N) is 1. The minimum Gasteiger partial charge on any atom is -0.411 e. The van der Waals surface area contributed by atoms with Gasteiger partial charge in [0.2, 0.25) is 0 Å². The first-order chi connectivity index (χ1) is 3.72. The van der Waals surface area contributed by atoms with Gasteiger partial charge in [-0.3, -0.25) is 0 Å². The van der Waals surface area contributed by atoms with Crippen molar-refractivity contribution in [2.75, 3.05) is 0 Å². The van der Waals surface area contributed by atoms with Crippen LogP contribution in [-0.4, -0.2) is 20.8 Å². The predicted molar refractivity (Wildman–Crippen MR) is 38.6 cm³/mol. The molecule has 1 atom stereocenters. The maximum Gasteiger partial charge on any atom is 0.0617 e. The molecule has 0 saturated carbocycles. The number of rotatable bonds is 2. The first kappa shape index (κ1) is 7.69. The zero-order chi connectivity index (χ0) is 6.57. The van der Waals surface area contributed by atoms with Crippen molar-refractivity contribution < 1.29 is 5.21 Å². The van der Waals surface area contributed by atoms with Crippen LogP contribution in [0.25, 0.3) is 0 Å². The Morgan fingerprint density at radius 1 is 1.88 bits per heavy atom. The lowest BCUT2D eigenvalue weighted by Gasteiger charge is -2.03. The molecule has 1 unspecified atom stereocenters. The van der Waals surface area contributed by atoms with Gasteiger partial charge in [-0.2, -0.15) is 0 Å². The molecule has 0 rings (SSSR count). The lowest BCUT2D eigenvalue weighted by molar-refractivity contribution is 0.317. The van der Waals surface area contributed by atoms with E-state index in [1.807, 2.05) is 0 Å². The fourth-order valence-electron chi connectivity index (χ4n) is 0.394. The van der Waals surface area contributed by atoms with Crippen LogP contribution in [0.3, 0.4) is 0 Å². The minimum atomic E-state index is 0.478. The number of hydrogen-bond donors (Lipinski definition) is 1. The Morgan fingerprint density at radius 2 is 2.38 bits per heavy atom. The van der Waals surface area contributed by atoms with Crippen LogP contribution in [0.2, 0.25) is 0 Å². The molecule has 1 N–H and O–H groups in total. The van der Waals surface area contributed by atoms with Gasteiger partial charge >= 0.3 is 0 Å². The molecular formula is C5H13NOSi. The molecule has 0 saturated heterocycles. The van der Waals surface area contributed by atoms with Gasteiger partial charge in [0.05, 0.1) is 10.2 Å². The van der Waals surface area contributed by atoms with Gasteiger partial charge in [-0.1, -0.05) is 13.8 Å². The second kappa shape index (κ2) is 3.66. The van der Waals surface area contributed by atoms with E-state index in [2.05, 4.69) is 19.0 Å². The zero-order valence-electron chi connectivity index (χ0n) is 5.68. The summed E-state index contributed by atoms with van der Waals surface area (Å²) in [5, 5.41) is 12.3. The number of oxime groups is 1. The highest BCUT2D eigenvalue weighted by molar-refractivity contribution is 6.60. The average molecular weight is 131 g/mol. The molecule has 0 aliphatic heterocycles. The Kier molecular flexibility index (Phi) is 3.52.